The van der Waals surface area contributed by atoms with E-state index in [1.807, 2.05) is 19.1 Å². The molecule has 1 unspecified atom stereocenters. The van der Waals surface area contributed by atoms with Gasteiger partial charge in [0.05, 0.1) is 11.3 Å². The van der Waals surface area contributed by atoms with Gasteiger partial charge in [0.15, 0.2) is 6.10 Å². The van der Waals surface area contributed by atoms with Crippen LogP contribution < -0.4 is 15.6 Å². The molecule has 0 bridgehead atoms. The number of hydrogen-bond acceptors (Lipinski definition) is 5. The first-order valence-corrected chi connectivity index (χ1v) is 13.1. The molecule has 1 atom stereocenters. The summed E-state index contributed by atoms with van der Waals surface area (Å²) in [5, 5.41) is 23.3. The average Bonchev–Trinajstić information content (AvgIpc) is 2.93. The summed E-state index contributed by atoms with van der Waals surface area (Å²) in [7, 11) is 0. The Balaban J connectivity index is 1.68. The lowest BCUT2D eigenvalue weighted by atomic mass is 9.96. The summed E-state index contributed by atoms with van der Waals surface area (Å²) >= 11 is 12.5. The Hall–Kier alpha value is -4.46. The predicted molar refractivity (Wildman–Crippen MR) is 152 cm³/mol. The zero-order chi connectivity index (χ0) is 30.8. The molecule has 1 aromatic heterocycles. The van der Waals surface area contributed by atoms with E-state index in [0.29, 0.717) is 5.75 Å². The molecule has 0 aliphatic heterocycles. The van der Waals surface area contributed by atoms with Crippen molar-refractivity contribution < 1.29 is 27.8 Å². The number of carbonyl (C=O) groups excluding carboxylic acids is 1. The third kappa shape index (κ3) is 6.70. The lowest BCUT2D eigenvalue weighted by Crippen LogP contribution is -2.35. The van der Waals surface area contributed by atoms with Crippen LogP contribution in [0, 0.1) is 18.3 Å². The van der Waals surface area contributed by atoms with Gasteiger partial charge in [-0.3, -0.25) is 9.59 Å². The van der Waals surface area contributed by atoms with Crippen LogP contribution >= 0.6 is 23.2 Å². The first-order valence-electron chi connectivity index (χ1n) is 12.4. The van der Waals surface area contributed by atoms with Crippen LogP contribution in [0.5, 0.6) is 11.5 Å². The number of amides is 1. The molecule has 4 rings (SSSR count). The van der Waals surface area contributed by atoms with Crippen molar-refractivity contribution in [1.82, 2.24) is 10.3 Å². The first kappa shape index (κ1) is 30.5. The van der Waals surface area contributed by atoms with Crippen LogP contribution in [-0.2, 0) is 17.5 Å². The maximum absolute atomic E-state index is 13.4. The lowest BCUT2D eigenvalue weighted by Gasteiger charge is -2.17. The second-order valence-electron chi connectivity index (χ2n) is 9.36. The number of aromatic nitrogens is 1. The van der Waals surface area contributed by atoms with Gasteiger partial charge < -0.3 is 20.1 Å². The number of alkyl halides is 3. The molecule has 12 heteroatoms. The van der Waals surface area contributed by atoms with E-state index in [1.165, 1.54) is 18.2 Å². The van der Waals surface area contributed by atoms with E-state index >= 15 is 0 Å². The smallest absolute Gasteiger partial charge is 0.416 e. The van der Waals surface area contributed by atoms with Crippen molar-refractivity contribution in [2.75, 3.05) is 0 Å². The van der Waals surface area contributed by atoms with Crippen LogP contribution in [0.15, 0.2) is 65.5 Å². The van der Waals surface area contributed by atoms with Gasteiger partial charge in [0.1, 0.15) is 23.1 Å². The zero-order valence-corrected chi connectivity index (χ0v) is 23.6. The number of benzene rings is 3. The molecule has 216 valence electrons. The Morgan fingerprint density at radius 1 is 1.07 bits per heavy atom. The summed E-state index contributed by atoms with van der Waals surface area (Å²) in [4.78, 5) is 28.0. The monoisotopic (exact) mass is 615 g/mol. The molecule has 0 radical (unpaired) electrons. The number of aromatic amines is 1. The predicted octanol–water partition coefficient (Wildman–Crippen LogP) is 7.00. The molecule has 0 saturated heterocycles. The van der Waals surface area contributed by atoms with Crippen LogP contribution in [0.3, 0.4) is 0 Å². The molecule has 7 nitrogen and oxygen atoms in total. The number of nitriles is 1. The van der Waals surface area contributed by atoms with Gasteiger partial charge in [-0.25, -0.2) is 0 Å². The molecule has 0 spiro atoms. The van der Waals surface area contributed by atoms with Gasteiger partial charge in [-0.05, 0) is 62.4 Å². The minimum Gasteiger partial charge on any atom is -0.507 e. The molecular formula is C30H22Cl2F3N3O4. The van der Waals surface area contributed by atoms with E-state index in [-0.39, 0.29) is 50.3 Å². The lowest BCUT2D eigenvalue weighted by molar-refractivity contribution is -0.137. The van der Waals surface area contributed by atoms with Crippen LogP contribution in [0.2, 0.25) is 10.0 Å². The highest BCUT2D eigenvalue weighted by Gasteiger charge is 2.31. The van der Waals surface area contributed by atoms with Crippen LogP contribution in [0.1, 0.15) is 29.2 Å². The molecule has 0 aliphatic rings. The normalized spacial score (nSPS) is 12.0. The van der Waals surface area contributed by atoms with E-state index in [2.05, 4.69) is 10.3 Å². The Morgan fingerprint density at radius 2 is 1.76 bits per heavy atom. The first-order chi connectivity index (χ1) is 19.8. The van der Waals surface area contributed by atoms with Crippen LogP contribution in [0.4, 0.5) is 13.2 Å². The number of aryl methyl sites for hydroxylation is 1. The average molecular weight is 616 g/mol. The molecule has 4 aromatic rings. The number of halogens is 5. The van der Waals surface area contributed by atoms with Gasteiger partial charge >= 0.3 is 6.18 Å². The number of phenolic OH excluding ortho intramolecular Hbond substituents is 1. The molecule has 0 fully saturated rings. The van der Waals surface area contributed by atoms with Gasteiger partial charge in [0.25, 0.3) is 11.5 Å². The molecule has 0 saturated carbocycles. The van der Waals surface area contributed by atoms with Crippen LogP contribution in [0.25, 0.3) is 22.4 Å². The number of rotatable bonds is 7. The fourth-order valence-electron chi connectivity index (χ4n) is 4.13. The van der Waals surface area contributed by atoms with E-state index in [1.54, 1.807) is 25.1 Å². The third-order valence-electron chi connectivity index (χ3n) is 6.33. The topological polar surface area (TPSA) is 115 Å². The number of ether oxygens (including phenoxy) is 1. The van der Waals surface area contributed by atoms with Crippen molar-refractivity contribution in [2.45, 2.75) is 32.7 Å². The molecule has 3 aromatic carbocycles. The maximum atomic E-state index is 13.4. The fraction of sp³-hybridized carbons (Fsp3) is 0.167. The van der Waals surface area contributed by atoms with Crippen LogP contribution in [-0.4, -0.2) is 22.1 Å². The largest absolute Gasteiger partial charge is 0.507 e. The number of phenols is 1. The van der Waals surface area contributed by atoms with Gasteiger partial charge in [-0.2, -0.15) is 18.4 Å². The molecule has 1 amide bonds. The van der Waals surface area contributed by atoms with Crippen molar-refractivity contribution >= 4 is 29.1 Å². The molecule has 3 N–H and O–H groups in total. The van der Waals surface area contributed by atoms with Gasteiger partial charge in [-0.15, -0.1) is 0 Å². The highest BCUT2D eigenvalue weighted by atomic mass is 35.5. The summed E-state index contributed by atoms with van der Waals surface area (Å²) in [6.07, 6.45) is -5.58. The van der Waals surface area contributed by atoms with Crippen molar-refractivity contribution in [1.29, 1.82) is 5.26 Å². The van der Waals surface area contributed by atoms with Crippen molar-refractivity contribution in [3.63, 3.8) is 0 Å². The van der Waals surface area contributed by atoms with E-state index in [4.69, 9.17) is 27.9 Å². The second-order valence-corrected chi connectivity index (χ2v) is 10.2. The number of nitrogens with zero attached hydrogens (tertiary/aromatic N) is 1. The molecular weight excluding hydrogens is 594 g/mol. The summed E-state index contributed by atoms with van der Waals surface area (Å²) in [5.74, 6) is -0.351. The number of aromatic hydroxyl groups is 1. The van der Waals surface area contributed by atoms with E-state index in [9.17, 15) is 33.1 Å². The zero-order valence-electron chi connectivity index (χ0n) is 22.1. The van der Waals surface area contributed by atoms with Crippen molar-refractivity contribution in [2.24, 2.45) is 0 Å². The van der Waals surface area contributed by atoms with Gasteiger partial charge in [-0.1, -0.05) is 40.9 Å². The Labute approximate surface area is 248 Å². The molecule has 0 aliphatic carbocycles. The van der Waals surface area contributed by atoms with E-state index < -0.39 is 34.9 Å². The highest BCUT2D eigenvalue weighted by molar-refractivity contribution is 6.33. The number of hydrogen-bond donors (Lipinski definition) is 3. The maximum Gasteiger partial charge on any atom is 0.416 e. The summed E-state index contributed by atoms with van der Waals surface area (Å²) < 4.78 is 45.9. The summed E-state index contributed by atoms with van der Waals surface area (Å²) in [5.41, 5.74) is -1.65. The minimum atomic E-state index is -4.70. The third-order valence-corrected chi connectivity index (χ3v) is 6.88. The fourth-order valence-corrected chi connectivity index (χ4v) is 4.59. The number of H-pyrrole nitrogens is 1. The minimum absolute atomic E-state index is 0.00152. The summed E-state index contributed by atoms with van der Waals surface area (Å²) in [6.45, 7) is 3.30. The number of pyridine rings is 1. The SMILES string of the molecule is Cc1ccc(OC(C)C(=O)NCc2cc(Cl)cc(-c3cc(-c4cc(C(F)(F)F)ccc4Cl)c(C#N)c(=O)[nH]3)c2O)cc1. The van der Waals surface area contributed by atoms with Crippen molar-refractivity contribution in [3.05, 3.63) is 103 Å². The number of carbonyl (C=O) groups is 1. The molecule has 42 heavy (non-hydrogen) atoms. The molecule has 1 heterocycles. The van der Waals surface area contributed by atoms with Gasteiger partial charge in [0, 0.05) is 38.8 Å². The quantitative estimate of drug-likeness (QED) is 0.207. The second kappa shape index (κ2) is 12.2. The Bertz CT molecular complexity index is 1760. The highest BCUT2D eigenvalue weighted by Crippen LogP contribution is 2.39. The summed E-state index contributed by atoms with van der Waals surface area (Å²) in [6, 6.07) is 15.3. The van der Waals surface area contributed by atoms with E-state index in [0.717, 1.165) is 23.8 Å². The van der Waals surface area contributed by atoms with Crippen molar-refractivity contribution in [3.8, 4) is 40.0 Å². The number of nitrogens with one attached hydrogen (secondary N) is 2. The Kier molecular flexibility index (Phi) is 8.85. The van der Waals surface area contributed by atoms with Gasteiger partial charge in [0.2, 0.25) is 0 Å². The Morgan fingerprint density at radius 3 is 2.40 bits per heavy atom. The standard InChI is InChI=1S/C30H22Cl2F3N3O4/c1-15-3-6-20(7-4-15)42-16(2)28(40)37-14-17-9-19(31)11-23(27(17)39)26-12-21(24(13-36)29(41)38-26)22-10-18(30(33,34)35)5-8-25(22)32/h3-12,16,39H,14H2,1-2H3,(H,37,40)(H,38,41).